The Labute approximate surface area is 251 Å². The second-order valence-corrected chi connectivity index (χ2v) is 12.0. The molecule has 0 radical (unpaired) electrons. The van der Waals surface area contributed by atoms with E-state index in [1.807, 2.05) is 17.0 Å². The van der Waals surface area contributed by atoms with E-state index in [1.54, 1.807) is 12.1 Å². The monoisotopic (exact) mass is 586 g/mol. The Bertz CT molecular complexity index is 1490. The summed E-state index contributed by atoms with van der Waals surface area (Å²) < 4.78 is 15.2. The number of amides is 2. The molecule has 0 bridgehead atoms. The minimum Gasteiger partial charge on any atom is -0.367 e. The van der Waals surface area contributed by atoms with Gasteiger partial charge in [-0.05, 0) is 81.5 Å². The number of nitrogens with one attached hydrogen (secondary N) is 2. The van der Waals surface area contributed by atoms with Gasteiger partial charge in [0.2, 0.25) is 0 Å². The Morgan fingerprint density at radius 3 is 2.42 bits per heavy atom. The van der Waals surface area contributed by atoms with Crippen molar-refractivity contribution in [1.29, 1.82) is 0 Å². The maximum atomic E-state index is 15.2. The number of hydrogen-bond acceptors (Lipinski definition) is 8. The van der Waals surface area contributed by atoms with E-state index in [-0.39, 0.29) is 35.3 Å². The fraction of sp³-hybridized carbons (Fsp3) is 0.438. The van der Waals surface area contributed by atoms with Crippen LogP contribution in [0, 0.1) is 5.82 Å². The lowest BCUT2D eigenvalue weighted by molar-refractivity contribution is 0.0930. The van der Waals surface area contributed by atoms with Gasteiger partial charge >= 0.3 is 0 Å². The molecule has 226 valence electrons. The number of nitrogens with two attached hydrogens (primary N) is 1. The van der Waals surface area contributed by atoms with Crippen LogP contribution in [-0.4, -0.2) is 78.5 Å². The summed E-state index contributed by atoms with van der Waals surface area (Å²) in [7, 11) is 2.06. The van der Waals surface area contributed by atoms with E-state index in [0.717, 1.165) is 39.0 Å². The van der Waals surface area contributed by atoms with E-state index in [0.29, 0.717) is 35.2 Å². The molecule has 1 aromatic heterocycles. The van der Waals surface area contributed by atoms with E-state index in [4.69, 9.17) is 10.7 Å². The molecule has 10 nitrogen and oxygen atoms in total. The lowest BCUT2D eigenvalue weighted by atomic mass is 9.99. The zero-order chi connectivity index (χ0) is 30.1. The molecule has 3 aliphatic rings. The molecule has 3 fully saturated rings. The SMILES string of the molecule is C[C@H]1CC[C@@H](NC(=O)c2ccc(C3CC3)cc2)CN1c1cnc(C(N)=O)c(Nc2ccc(N3CCN(C)CC3)c(F)c2)n1. The van der Waals surface area contributed by atoms with E-state index in [1.165, 1.54) is 30.7 Å². The molecular weight excluding hydrogens is 547 g/mol. The highest BCUT2D eigenvalue weighted by atomic mass is 19.1. The third-order valence-electron chi connectivity index (χ3n) is 8.78. The number of piperazine rings is 1. The van der Waals surface area contributed by atoms with Crippen molar-refractivity contribution in [1.82, 2.24) is 20.2 Å². The van der Waals surface area contributed by atoms with Gasteiger partial charge in [0.05, 0.1) is 11.9 Å². The molecule has 0 spiro atoms. The number of primary amides is 1. The average Bonchev–Trinajstić information content (AvgIpc) is 3.85. The largest absolute Gasteiger partial charge is 0.367 e. The first-order valence-electron chi connectivity index (χ1n) is 15.1. The van der Waals surface area contributed by atoms with Crippen molar-refractivity contribution in [2.75, 3.05) is 54.9 Å². The van der Waals surface area contributed by atoms with Crippen molar-refractivity contribution in [3.05, 3.63) is 71.3 Å². The zero-order valence-electron chi connectivity index (χ0n) is 24.7. The first-order chi connectivity index (χ1) is 20.7. The van der Waals surface area contributed by atoms with Gasteiger partial charge in [0.15, 0.2) is 11.5 Å². The van der Waals surface area contributed by atoms with E-state index in [9.17, 15) is 9.59 Å². The second-order valence-electron chi connectivity index (χ2n) is 12.0. The Balaban J connectivity index is 1.17. The second kappa shape index (κ2) is 12.2. The number of likely N-dealkylation sites (N-methyl/N-ethyl adjacent to an activating group) is 1. The smallest absolute Gasteiger partial charge is 0.271 e. The quantitative estimate of drug-likeness (QED) is 0.364. The van der Waals surface area contributed by atoms with Crippen molar-refractivity contribution in [2.45, 2.75) is 50.6 Å². The van der Waals surface area contributed by atoms with E-state index < -0.39 is 5.91 Å². The van der Waals surface area contributed by atoms with Gasteiger partial charge in [0.25, 0.3) is 11.8 Å². The number of carbonyl (C=O) groups is 2. The summed E-state index contributed by atoms with van der Waals surface area (Å²) in [6.45, 7) is 5.88. The Kier molecular flexibility index (Phi) is 8.16. The molecule has 1 saturated carbocycles. The minimum absolute atomic E-state index is 0.0311. The molecule has 3 aromatic rings. The van der Waals surface area contributed by atoms with Crippen LogP contribution in [0.2, 0.25) is 0 Å². The van der Waals surface area contributed by atoms with Gasteiger partial charge in [0.1, 0.15) is 11.6 Å². The van der Waals surface area contributed by atoms with Crippen LogP contribution >= 0.6 is 0 Å². The number of hydrogen-bond donors (Lipinski definition) is 3. The molecule has 2 aliphatic heterocycles. The highest BCUT2D eigenvalue weighted by Gasteiger charge is 2.29. The van der Waals surface area contributed by atoms with Gasteiger partial charge in [-0.1, -0.05) is 12.1 Å². The van der Waals surface area contributed by atoms with E-state index >= 15 is 4.39 Å². The molecule has 2 aromatic carbocycles. The molecule has 43 heavy (non-hydrogen) atoms. The normalized spacial score (nSPS) is 21.0. The molecule has 4 N–H and O–H groups in total. The number of rotatable bonds is 8. The zero-order valence-corrected chi connectivity index (χ0v) is 24.7. The summed E-state index contributed by atoms with van der Waals surface area (Å²) in [5.41, 5.74) is 8.52. The number of anilines is 4. The summed E-state index contributed by atoms with van der Waals surface area (Å²) >= 11 is 0. The molecule has 3 heterocycles. The summed E-state index contributed by atoms with van der Waals surface area (Å²) in [6, 6.07) is 12.9. The van der Waals surface area contributed by atoms with Crippen molar-refractivity contribution in [3.8, 4) is 0 Å². The van der Waals surface area contributed by atoms with Crippen LogP contribution < -0.4 is 26.2 Å². The number of carbonyl (C=O) groups excluding carboxylic acids is 2. The first kappa shape index (κ1) is 28.9. The van der Waals surface area contributed by atoms with Crippen molar-refractivity contribution >= 4 is 34.8 Å². The summed E-state index contributed by atoms with van der Waals surface area (Å²) in [5, 5.41) is 6.25. The summed E-state index contributed by atoms with van der Waals surface area (Å²) in [6.07, 6.45) is 5.65. The Morgan fingerprint density at radius 1 is 1.00 bits per heavy atom. The standard InChI is InChI=1S/C32H39FN8O2/c1-20-3-10-25(37-32(43)23-8-6-22(7-9-23)21-4-5-21)19-41(20)28-18-35-29(30(34)42)31(38-28)36-24-11-12-27(26(33)17-24)40-15-13-39(2)14-16-40/h6-9,11-12,17-18,20-21,25H,3-5,10,13-16,19H2,1-2H3,(H2,34,42)(H,36,38)(H,37,43)/t20-,25+/m0/s1. The van der Waals surface area contributed by atoms with Crippen LogP contribution in [0.1, 0.15) is 64.9 Å². The molecule has 2 amide bonds. The number of nitrogens with zero attached hydrogens (tertiary/aromatic N) is 5. The van der Waals surface area contributed by atoms with Gasteiger partial charge < -0.3 is 31.1 Å². The summed E-state index contributed by atoms with van der Waals surface area (Å²) in [5.74, 6) is 0.160. The maximum absolute atomic E-state index is 15.2. The van der Waals surface area contributed by atoms with Crippen molar-refractivity contribution in [3.63, 3.8) is 0 Å². The minimum atomic E-state index is -0.736. The number of aromatic nitrogens is 2. The third kappa shape index (κ3) is 6.56. The first-order valence-corrected chi connectivity index (χ1v) is 15.1. The predicted molar refractivity (Wildman–Crippen MR) is 166 cm³/mol. The van der Waals surface area contributed by atoms with Gasteiger partial charge in [-0.3, -0.25) is 9.59 Å². The number of piperidine rings is 1. The fourth-order valence-electron chi connectivity index (χ4n) is 5.95. The predicted octanol–water partition coefficient (Wildman–Crippen LogP) is 3.87. The third-order valence-corrected chi connectivity index (χ3v) is 8.78. The van der Waals surface area contributed by atoms with Gasteiger partial charge in [-0.25, -0.2) is 14.4 Å². The lowest BCUT2D eigenvalue weighted by Gasteiger charge is -2.39. The highest BCUT2D eigenvalue weighted by Crippen LogP contribution is 2.40. The summed E-state index contributed by atoms with van der Waals surface area (Å²) in [4.78, 5) is 40.6. The molecule has 1 aliphatic carbocycles. The van der Waals surface area contributed by atoms with Gasteiger partial charge in [-0.2, -0.15) is 0 Å². The van der Waals surface area contributed by atoms with Crippen LogP contribution in [0.25, 0.3) is 0 Å². The highest BCUT2D eigenvalue weighted by molar-refractivity contribution is 5.96. The molecule has 11 heteroatoms. The Morgan fingerprint density at radius 2 is 1.74 bits per heavy atom. The van der Waals surface area contributed by atoms with Crippen LogP contribution in [0.5, 0.6) is 0 Å². The Hall–Kier alpha value is -4.25. The topological polar surface area (TPSA) is 120 Å². The van der Waals surface area contributed by atoms with E-state index in [2.05, 4.69) is 51.5 Å². The van der Waals surface area contributed by atoms with Crippen molar-refractivity contribution < 1.29 is 14.0 Å². The fourth-order valence-corrected chi connectivity index (χ4v) is 5.95. The van der Waals surface area contributed by atoms with Gasteiger partial charge in [0, 0.05) is 56.1 Å². The van der Waals surface area contributed by atoms with Crippen molar-refractivity contribution in [2.24, 2.45) is 5.73 Å². The molecule has 0 unspecified atom stereocenters. The van der Waals surface area contributed by atoms with Crippen LogP contribution in [0.15, 0.2) is 48.7 Å². The average molecular weight is 587 g/mol. The van der Waals surface area contributed by atoms with Crippen LogP contribution in [-0.2, 0) is 0 Å². The number of benzene rings is 2. The molecular formula is C32H39FN8O2. The van der Waals surface area contributed by atoms with Gasteiger partial charge in [-0.15, -0.1) is 0 Å². The van der Waals surface area contributed by atoms with Crippen LogP contribution in [0.4, 0.5) is 27.4 Å². The number of halogens is 1. The lowest BCUT2D eigenvalue weighted by Crippen LogP contribution is -2.51. The maximum Gasteiger partial charge on any atom is 0.271 e. The molecule has 2 atom stereocenters. The molecule has 6 rings (SSSR count). The molecule has 2 saturated heterocycles. The van der Waals surface area contributed by atoms with Crippen LogP contribution in [0.3, 0.4) is 0 Å².